The highest BCUT2D eigenvalue weighted by atomic mass is 16.6. The minimum Gasteiger partial charge on any atom is -0.489 e. The summed E-state index contributed by atoms with van der Waals surface area (Å²) in [6, 6.07) is 18.2. The number of aliphatic hydroxyl groups is 1. The van der Waals surface area contributed by atoms with Crippen LogP contribution in [0.1, 0.15) is 39.7 Å². The molecule has 4 rings (SSSR count). The summed E-state index contributed by atoms with van der Waals surface area (Å²) >= 11 is 0. The maximum absolute atomic E-state index is 12.5. The largest absolute Gasteiger partial charge is 0.489 e. The number of primary amides is 1. The molecule has 0 spiro atoms. The summed E-state index contributed by atoms with van der Waals surface area (Å²) in [5.74, 6) is -0.273. The summed E-state index contributed by atoms with van der Waals surface area (Å²) in [7, 11) is 1.53. The zero-order valence-electron chi connectivity index (χ0n) is 21.9. The van der Waals surface area contributed by atoms with Gasteiger partial charge >= 0.3 is 5.97 Å². The minimum absolute atomic E-state index is 0.0554. The first-order valence-corrected chi connectivity index (χ1v) is 12.5. The highest BCUT2D eigenvalue weighted by Gasteiger charge is 2.17. The average Bonchev–Trinajstić information content (AvgIpc) is 3.35. The Labute approximate surface area is 226 Å². The molecule has 4 aromatic rings. The van der Waals surface area contributed by atoms with Gasteiger partial charge in [0.1, 0.15) is 36.4 Å². The predicted molar refractivity (Wildman–Crippen MR) is 146 cm³/mol. The van der Waals surface area contributed by atoms with Crippen LogP contribution in [0.2, 0.25) is 0 Å². The molecular weight excluding hydrogens is 500 g/mol. The maximum Gasteiger partial charge on any atom is 0.310 e. The van der Waals surface area contributed by atoms with Crippen molar-refractivity contribution in [2.45, 2.75) is 39.2 Å². The Bertz CT molecular complexity index is 1480. The van der Waals surface area contributed by atoms with E-state index in [1.54, 1.807) is 25.1 Å². The van der Waals surface area contributed by atoms with E-state index in [0.717, 1.165) is 27.6 Å². The Kier molecular flexibility index (Phi) is 8.98. The highest BCUT2D eigenvalue weighted by molar-refractivity contribution is 5.94. The third-order valence-electron chi connectivity index (χ3n) is 6.17. The van der Waals surface area contributed by atoms with Crippen LogP contribution >= 0.6 is 0 Å². The van der Waals surface area contributed by atoms with Gasteiger partial charge in [-0.25, -0.2) is 0 Å². The van der Waals surface area contributed by atoms with Crippen LogP contribution in [-0.2, 0) is 40.4 Å². The highest BCUT2D eigenvalue weighted by Crippen LogP contribution is 2.34. The monoisotopic (exact) mass is 532 g/mol. The second-order valence-corrected chi connectivity index (χ2v) is 9.25. The second-order valence-electron chi connectivity index (χ2n) is 9.25. The zero-order valence-corrected chi connectivity index (χ0v) is 21.9. The number of nitrogens with two attached hydrogens (primary N) is 2. The van der Waals surface area contributed by atoms with Crippen LogP contribution in [0.5, 0.6) is 5.75 Å². The Hall–Kier alpha value is -4.18. The smallest absolute Gasteiger partial charge is 0.310 e. The van der Waals surface area contributed by atoms with Crippen molar-refractivity contribution in [1.82, 2.24) is 0 Å². The molecule has 9 heteroatoms. The topological polar surface area (TPSA) is 147 Å². The van der Waals surface area contributed by atoms with E-state index < -0.39 is 18.0 Å². The van der Waals surface area contributed by atoms with Crippen molar-refractivity contribution in [2.24, 2.45) is 11.5 Å². The van der Waals surface area contributed by atoms with Gasteiger partial charge in [-0.15, -0.1) is 0 Å². The van der Waals surface area contributed by atoms with Crippen LogP contribution in [0.25, 0.3) is 22.1 Å². The van der Waals surface area contributed by atoms with Gasteiger partial charge in [0.05, 0.1) is 13.0 Å². The van der Waals surface area contributed by atoms with Crippen molar-refractivity contribution in [3.8, 4) is 16.9 Å². The Morgan fingerprint density at radius 3 is 2.59 bits per heavy atom. The van der Waals surface area contributed by atoms with Crippen LogP contribution in [0, 0.1) is 0 Å². The number of benzene rings is 3. The molecular formula is C30H32N2O7. The van der Waals surface area contributed by atoms with Crippen molar-refractivity contribution in [1.29, 1.82) is 0 Å². The van der Waals surface area contributed by atoms with E-state index in [-0.39, 0.29) is 31.8 Å². The number of carbonyl (C=O) groups is 2. The molecule has 0 saturated carbocycles. The van der Waals surface area contributed by atoms with Gasteiger partial charge in [0.25, 0.3) is 0 Å². The molecule has 0 radical (unpaired) electrons. The summed E-state index contributed by atoms with van der Waals surface area (Å²) in [5.41, 5.74) is 16.3. The predicted octanol–water partition coefficient (Wildman–Crippen LogP) is 3.85. The van der Waals surface area contributed by atoms with Gasteiger partial charge < -0.3 is 35.2 Å². The van der Waals surface area contributed by atoms with Gasteiger partial charge in [-0.2, -0.15) is 0 Å². The van der Waals surface area contributed by atoms with Crippen molar-refractivity contribution in [3.05, 3.63) is 88.7 Å². The summed E-state index contributed by atoms with van der Waals surface area (Å²) < 4.78 is 22.5. The number of rotatable bonds is 12. The molecule has 204 valence electrons. The van der Waals surface area contributed by atoms with Crippen molar-refractivity contribution < 1.29 is 33.3 Å². The summed E-state index contributed by atoms with van der Waals surface area (Å²) in [5, 5.41) is 10.4. The van der Waals surface area contributed by atoms with Crippen LogP contribution in [0.3, 0.4) is 0 Å². The van der Waals surface area contributed by atoms with E-state index in [1.165, 1.54) is 13.2 Å². The van der Waals surface area contributed by atoms with Gasteiger partial charge in [0.2, 0.25) is 5.91 Å². The zero-order chi connectivity index (χ0) is 27.9. The third-order valence-corrected chi connectivity index (χ3v) is 6.17. The molecule has 1 unspecified atom stereocenters. The van der Waals surface area contributed by atoms with Crippen LogP contribution in [0.4, 0.5) is 0 Å². The lowest BCUT2D eigenvalue weighted by Gasteiger charge is -2.15. The average molecular weight is 533 g/mol. The van der Waals surface area contributed by atoms with E-state index in [1.807, 2.05) is 36.4 Å². The molecule has 0 fully saturated rings. The van der Waals surface area contributed by atoms with Crippen LogP contribution in [-0.4, -0.2) is 36.8 Å². The molecule has 1 aromatic heterocycles. The number of carbonyl (C=O) groups excluding carboxylic acids is 2. The lowest BCUT2D eigenvalue weighted by molar-refractivity contribution is -0.149. The Balaban J connectivity index is 1.66. The van der Waals surface area contributed by atoms with E-state index in [0.29, 0.717) is 29.2 Å². The first-order valence-electron chi connectivity index (χ1n) is 12.5. The SMILES string of the molecule is COCC(C)OC(=O)Cc1ccc(C(N)=O)cc1OCc1cc(-c2cccc(CN)c2)c2oc(CO)cc2c1. The lowest BCUT2D eigenvalue weighted by Crippen LogP contribution is -2.21. The number of esters is 1. The first kappa shape index (κ1) is 27.8. The molecule has 5 N–H and O–H groups in total. The first-order chi connectivity index (χ1) is 18.8. The maximum atomic E-state index is 12.5. The fourth-order valence-electron chi connectivity index (χ4n) is 4.35. The van der Waals surface area contributed by atoms with Crippen LogP contribution < -0.4 is 16.2 Å². The number of hydrogen-bond donors (Lipinski definition) is 3. The summed E-state index contributed by atoms with van der Waals surface area (Å²) in [4.78, 5) is 24.3. The molecule has 0 saturated heterocycles. The van der Waals surface area contributed by atoms with E-state index in [4.69, 9.17) is 30.1 Å². The molecule has 0 bridgehead atoms. The quantitative estimate of drug-likeness (QED) is 0.233. The fraction of sp³-hybridized carbons (Fsp3) is 0.267. The number of amides is 1. The van der Waals surface area contributed by atoms with Gasteiger partial charge in [-0.05, 0) is 60.0 Å². The van der Waals surface area contributed by atoms with Gasteiger partial charge in [0, 0.05) is 35.7 Å². The van der Waals surface area contributed by atoms with Gasteiger partial charge in [-0.3, -0.25) is 9.59 Å². The standard InChI is InChI=1S/C30H32N2O7/c1-18(16-36-2)38-28(34)13-22-6-7-23(30(32)35)12-27(22)37-17-20-9-24-11-25(15-33)39-29(24)26(10-20)21-5-3-4-19(8-21)14-31/h3-12,18,33H,13-17,31H2,1-2H3,(H2,32,35). The van der Waals surface area contributed by atoms with Crippen molar-refractivity contribution in [3.63, 3.8) is 0 Å². The third kappa shape index (κ3) is 6.83. The summed E-state index contributed by atoms with van der Waals surface area (Å²) in [6.07, 6.45) is -0.460. The number of methoxy groups -OCH3 is 1. The van der Waals surface area contributed by atoms with Gasteiger partial charge in [0.15, 0.2) is 0 Å². The van der Waals surface area contributed by atoms with Crippen molar-refractivity contribution in [2.75, 3.05) is 13.7 Å². The molecule has 39 heavy (non-hydrogen) atoms. The molecule has 3 aromatic carbocycles. The molecule has 9 nitrogen and oxygen atoms in total. The lowest BCUT2D eigenvalue weighted by atomic mass is 9.99. The van der Waals surface area contributed by atoms with Crippen LogP contribution in [0.15, 0.2) is 65.1 Å². The number of fused-ring (bicyclic) bond motifs is 1. The Morgan fingerprint density at radius 1 is 1.05 bits per heavy atom. The number of furan rings is 1. The molecule has 0 aliphatic heterocycles. The van der Waals surface area contributed by atoms with Gasteiger partial charge in [-0.1, -0.05) is 24.3 Å². The molecule has 1 heterocycles. The fourth-order valence-corrected chi connectivity index (χ4v) is 4.35. The number of hydrogen-bond acceptors (Lipinski definition) is 8. The normalized spacial score (nSPS) is 11.9. The molecule has 1 amide bonds. The molecule has 0 aliphatic carbocycles. The minimum atomic E-state index is -0.610. The van der Waals surface area contributed by atoms with E-state index in [9.17, 15) is 14.7 Å². The molecule has 0 aliphatic rings. The summed E-state index contributed by atoms with van der Waals surface area (Å²) in [6.45, 7) is 2.31. The Morgan fingerprint density at radius 2 is 1.87 bits per heavy atom. The number of ether oxygens (including phenoxy) is 3. The van der Waals surface area contributed by atoms with E-state index >= 15 is 0 Å². The van der Waals surface area contributed by atoms with Crippen molar-refractivity contribution >= 4 is 22.8 Å². The number of aliphatic hydroxyl groups excluding tert-OH is 1. The van der Waals surface area contributed by atoms with E-state index in [2.05, 4.69) is 0 Å². The second kappa shape index (κ2) is 12.6. The molecule has 1 atom stereocenters.